The Morgan fingerprint density at radius 1 is 0.645 bits per heavy atom. The van der Waals surface area contributed by atoms with Crippen molar-refractivity contribution in [3.05, 3.63) is 0 Å². The predicted octanol–water partition coefficient (Wildman–Crippen LogP) is 5.40. The second-order valence-electron chi connectivity index (χ2n) is 8.30. The standard InChI is InChI=1S/C24H41NO6/c1-2-30-23(28)17-15-13-11-9-7-5-3-4-6-8-10-12-14-16-18-24(29)31-25-21(26)19-20-22(25)27/h2-20H2,1H3. The van der Waals surface area contributed by atoms with E-state index in [2.05, 4.69) is 0 Å². The second-order valence-corrected chi connectivity index (χ2v) is 8.30. The quantitative estimate of drug-likeness (QED) is 0.152. The van der Waals surface area contributed by atoms with E-state index in [1.165, 1.54) is 57.8 Å². The number of carbonyl (C=O) groups excluding carboxylic acids is 4. The van der Waals surface area contributed by atoms with E-state index in [1.807, 2.05) is 6.92 Å². The predicted molar refractivity (Wildman–Crippen MR) is 118 cm³/mol. The molecule has 0 radical (unpaired) electrons. The third-order valence-electron chi connectivity index (χ3n) is 5.52. The molecule has 0 unspecified atom stereocenters. The van der Waals surface area contributed by atoms with E-state index in [4.69, 9.17) is 9.57 Å². The maximum absolute atomic E-state index is 11.7. The lowest BCUT2D eigenvalue weighted by atomic mass is 10.0. The Hall–Kier alpha value is -1.92. The summed E-state index contributed by atoms with van der Waals surface area (Å²) in [4.78, 5) is 50.5. The third kappa shape index (κ3) is 13.9. The number of imide groups is 1. The number of amides is 2. The molecule has 31 heavy (non-hydrogen) atoms. The highest BCUT2D eigenvalue weighted by Gasteiger charge is 2.32. The van der Waals surface area contributed by atoms with Crippen LogP contribution in [0.25, 0.3) is 0 Å². The van der Waals surface area contributed by atoms with Crippen LogP contribution in [-0.2, 0) is 28.8 Å². The maximum atomic E-state index is 11.7. The Morgan fingerprint density at radius 3 is 1.39 bits per heavy atom. The summed E-state index contributed by atoms with van der Waals surface area (Å²) in [6, 6.07) is 0. The smallest absolute Gasteiger partial charge is 0.333 e. The van der Waals surface area contributed by atoms with Gasteiger partial charge in [0.25, 0.3) is 11.8 Å². The maximum Gasteiger partial charge on any atom is 0.333 e. The Kier molecular flexibility index (Phi) is 15.5. The molecule has 0 atom stereocenters. The molecule has 0 spiro atoms. The normalized spacial score (nSPS) is 13.6. The molecule has 0 aromatic heterocycles. The van der Waals surface area contributed by atoms with Crippen LogP contribution in [0.5, 0.6) is 0 Å². The number of esters is 1. The zero-order valence-electron chi connectivity index (χ0n) is 19.3. The van der Waals surface area contributed by atoms with E-state index in [-0.39, 0.29) is 25.2 Å². The summed E-state index contributed by atoms with van der Waals surface area (Å²) in [5.41, 5.74) is 0. The first-order valence-corrected chi connectivity index (χ1v) is 12.3. The first-order valence-electron chi connectivity index (χ1n) is 12.3. The Morgan fingerprint density at radius 2 is 1.00 bits per heavy atom. The van der Waals surface area contributed by atoms with E-state index >= 15 is 0 Å². The average Bonchev–Trinajstić information content (AvgIpc) is 3.05. The van der Waals surface area contributed by atoms with Gasteiger partial charge in [0.05, 0.1) is 6.61 Å². The van der Waals surface area contributed by atoms with Crippen molar-refractivity contribution >= 4 is 23.8 Å². The van der Waals surface area contributed by atoms with Crippen LogP contribution >= 0.6 is 0 Å². The van der Waals surface area contributed by atoms with Gasteiger partial charge in [-0.1, -0.05) is 77.0 Å². The molecule has 1 aliphatic rings. The summed E-state index contributed by atoms with van der Waals surface area (Å²) in [6.45, 7) is 2.31. The number of ether oxygens (including phenoxy) is 1. The SMILES string of the molecule is CCOC(=O)CCCCCCCCCCCCCCCCC(=O)ON1C(=O)CCC1=O. The molecule has 1 saturated heterocycles. The number of hydrogen-bond donors (Lipinski definition) is 0. The fourth-order valence-corrected chi connectivity index (χ4v) is 3.70. The van der Waals surface area contributed by atoms with Gasteiger partial charge in [0.1, 0.15) is 0 Å². The second kappa shape index (κ2) is 17.7. The highest BCUT2D eigenvalue weighted by molar-refractivity contribution is 6.01. The van der Waals surface area contributed by atoms with Gasteiger partial charge in [0.2, 0.25) is 0 Å². The van der Waals surface area contributed by atoms with E-state index < -0.39 is 17.8 Å². The zero-order valence-corrected chi connectivity index (χ0v) is 19.3. The van der Waals surface area contributed by atoms with Gasteiger partial charge in [-0.05, 0) is 19.8 Å². The number of nitrogens with zero attached hydrogens (tertiary/aromatic N) is 1. The fraction of sp³-hybridized carbons (Fsp3) is 0.833. The summed E-state index contributed by atoms with van der Waals surface area (Å²) in [6.07, 6.45) is 17.2. The lowest BCUT2D eigenvalue weighted by Crippen LogP contribution is -2.31. The largest absolute Gasteiger partial charge is 0.466 e. The van der Waals surface area contributed by atoms with Crippen molar-refractivity contribution in [1.29, 1.82) is 0 Å². The Balaban J connectivity index is 1.78. The number of unbranched alkanes of at least 4 members (excludes halogenated alkanes) is 13. The summed E-state index contributed by atoms with van der Waals surface area (Å²) in [7, 11) is 0. The van der Waals surface area contributed by atoms with Gasteiger partial charge in [0.15, 0.2) is 0 Å². The van der Waals surface area contributed by atoms with Crippen LogP contribution in [0.2, 0.25) is 0 Å². The van der Waals surface area contributed by atoms with E-state index in [1.54, 1.807) is 0 Å². The van der Waals surface area contributed by atoms with Crippen molar-refractivity contribution in [2.75, 3.05) is 6.61 Å². The molecule has 0 aromatic carbocycles. The summed E-state index contributed by atoms with van der Waals surface area (Å²) >= 11 is 0. The molecule has 2 amide bonds. The average molecular weight is 440 g/mol. The van der Waals surface area contributed by atoms with E-state index in [9.17, 15) is 19.2 Å². The molecular weight excluding hydrogens is 398 g/mol. The fourth-order valence-electron chi connectivity index (χ4n) is 3.70. The van der Waals surface area contributed by atoms with Crippen molar-refractivity contribution < 1.29 is 28.8 Å². The van der Waals surface area contributed by atoms with Crippen LogP contribution in [0.1, 0.15) is 122 Å². The molecule has 1 fully saturated rings. The Labute approximate surface area is 187 Å². The minimum Gasteiger partial charge on any atom is -0.466 e. The topological polar surface area (TPSA) is 90.0 Å². The third-order valence-corrected chi connectivity index (χ3v) is 5.52. The van der Waals surface area contributed by atoms with Gasteiger partial charge in [-0.2, -0.15) is 0 Å². The van der Waals surface area contributed by atoms with Gasteiger partial charge in [0, 0.05) is 25.7 Å². The number of carbonyl (C=O) groups is 4. The minimum absolute atomic E-state index is 0.0714. The molecule has 1 aliphatic heterocycles. The van der Waals surface area contributed by atoms with Gasteiger partial charge in [-0.3, -0.25) is 14.4 Å². The minimum atomic E-state index is -0.498. The lowest BCUT2D eigenvalue weighted by Gasteiger charge is -2.12. The van der Waals surface area contributed by atoms with Gasteiger partial charge < -0.3 is 9.57 Å². The zero-order chi connectivity index (χ0) is 22.7. The summed E-state index contributed by atoms with van der Waals surface area (Å²) < 4.78 is 4.92. The molecular formula is C24H41NO6. The number of rotatable bonds is 19. The van der Waals surface area contributed by atoms with Crippen LogP contribution in [0.15, 0.2) is 0 Å². The highest BCUT2D eigenvalue weighted by atomic mass is 16.7. The molecule has 7 nitrogen and oxygen atoms in total. The number of hydrogen-bond acceptors (Lipinski definition) is 6. The molecule has 0 bridgehead atoms. The first kappa shape index (κ1) is 27.1. The molecule has 0 saturated carbocycles. The van der Waals surface area contributed by atoms with Crippen LogP contribution in [0.4, 0.5) is 0 Å². The lowest BCUT2D eigenvalue weighted by molar-refractivity contribution is -0.197. The van der Waals surface area contributed by atoms with Crippen LogP contribution in [-0.4, -0.2) is 35.4 Å². The van der Waals surface area contributed by atoms with Gasteiger partial charge in [-0.25, -0.2) is 4.79 Å². The van der Waals surface area contributed by atoms with Crippen molar-refractivity contribution in [3.63, 3.8) is 0 Å². The van der Waals surface area contributed by atoms with Crippen LogP contribution in [0.3, 0.4) is 0 Å². The summed E-state index contributed by atoms with van der Waals surface area (Å²) in [5, 5.41) is 0.620. The molecule has 0 N–H and O–H groups in total. The molecule has 178 valence electrons. The van der Waals surface area contributed by atoms with Gasteiger partial charge >= 0.3 is 11.9 Å². The molecule has 0 aromatic rings. The van der Waals surface area contributed by atoms with Crippen LogP contribution < -0.4 is 0 Å². The summed E-state index contributed by atoms with van der Waals surface area (Å²) in [5.74, 6) is -1.42. The van der Waals surface area contributed by atoms with E-state index in [0.717, 1.165) is 32.1 Å². The van der Waals surface area contributed by atoms with Crippen molar-refractivity contribution in [3.8, 4) is 0 Å². The molecule has 7 heteroatoms. The molecule has 1 heterocycles. The van der Waals surface area contributed by atoms with Crippen molar-refractivity contribution in [1.82, 2.24) is 5.06 Å². The van der Waals surface area contributed by atoms with Crippen molar-refractivity contribution in [2.24, 2.45) is 0 Å². The van der Waals surface area contributed by atoms with Gasteiger partial charge in [-0.15, -0.1) is 5.06 Å². The molecule has 1 rings (SSSR count). The van der Waals surface area contributed by atoms with E-state index in [0.29, 0.717) is 18.1 Å². The van der Waals surface area contributed by atoms with Crippen molar-refractivity contribution in [2.45, 2.75) is 122 Å². The first-order chi connectivity index (χ1) is 15.0. The Bertz CT molecular complexity index is 532. The highest BCUT2D eigenvalue weighted by Crippen LogP contribution is 2.15. The molecule has 0 aliphatic carbocycles. The van der Waals surface area contributed by atoms with Crippen LogP contribution in [0, 0.1) is 0 Å². The monoisotopic (exact) mass is 439 g/mol. The number of hydroxylamine groups is 2.